The lowest BCUT2D eigenvalue weighted by Gasteiger charge is -2.43. The molecule has 2 aliphatic heterocycles. The Kier molecular flexibility index (Phi) is 10.4. The average Bonchev–Trinajstić information content (AvgIpc) is 3.20. The minimum atomic E-state index is -1.61. The minimum absolute atomic E-state index is 0.0314. The molecule has 10 unspecified atom stereocenters. The van der Waals surface area contributed by atoms with Gasteiger partial charge >= 0.3 is 5.97 Å². The summed E-state index contributed by atoms with van der Waals surface area (Å²) in [6.07, 6.45) is -1.79. The highest BCUT2D eigenvalue weighted by molar-refractivity contribution is 5.88. The van der Waals surface area contributed by atoms with Gasteiger partial charge in [-0.15, -0.1) is 0 Å². The van der Waals surface area contributed by atoms with Gasteiger partial charge in [0.15, 0.2) is 6.29 Å². The Morgan fingerprint density at radius 2 is 1.84 bits per heavy atom. The van der Waals surface area contributed by atoms with Crippen molar-refractivity contribution in [3.05, 3.63) is 35.1 Å². The molecule has 208 valence electrons. The quantitative estimate of drug-likeness (QED) is 0.113. The number of aliphatic hydroxyl groups excluding tert-OH is 5. The first-order valence-corrected chi connectivity index (χ1v) is 12.5. The van der Waals surface area contributed by atoms with Crippen molar-refractivity contribution in [2.24, 2.45) is 17.8 Å². The van der Waals surface area contributed by atoms with Gasteiger partial charge in [0.1, 0.15) is 36.8 Å². The van der Waals surface area contributed by atoms with E-state index in [0.29, 0.717) is 36.7 Å². The van der Waals surface area contributed by atoms with Gasteiger partial charge in [0.2, 0.25) is 6.29 Å². The van der Waals surface area contributed by atoms with E-state index in [-0.39, 0.29) is 12.5 Å². The zero-order valence-electron chi connectivity index (χ0n) is 21.3. The smallest absolute Gasteiger partial charge is 0.333 e. The number of carbonyl (C=O) groups is 2. The summed E-state index contributed by atoms with van der Waals surface area (Å²) in [6, 6.07) is 0. The number of hydrogen-bond donors (Lipinski definition) is 5. The molecule has 0 aromatic rings. The maximum atomic E-state index is 12.8. The SMILES string of the molecule is CC(=CCO)CCC=C(C)C(=O)OC1CC(C)C2C(OC3OC(CO)C(O)C(O)C3O)OC=C(C=O)C12. The van der Waals surface area contributed by atoms with Crippen molar-refractivity contribution in [2.45, 2.75) is 83.1 Å². The Bertz CT molecular complexity index is 895. The molecule has 2 heterocycles. The maximum Gasteiger partial charge on any atom is 0.333 e. The van der Waals surface area contributed by atoms with Crippen LogP contribution in [-0.4, -0.2) is 94.1 Å². The molecule has 0 aromatic heterocycles. The van der Waals surface area contributed by atoms with Crippen molar-refractivity contribution in [1.29, 1.82) is 0 Å². The third kappa shape index (κ3) is 6.66. The fourth-order valence-corrected chi connectivity index (χ4v) is 5.21. The van der Waals surface area contributed by atoms with Crippen LogP contribution in [0.25, 0.3) is 0 Å². The van der Waals surface area contributed by atoms with Crippen molar-refractivity contribution in [2.75, 3.05) is 13.2 Å². The molecule has 0 aromatic carbocycles. The topological polar surface area (TPSA) is 172 Å². The van der Waals surface area contributed by atoms with Gasteiger partial charge in [-0.3, -0.25) is 4.79 Å². The number of hydrogen-bond acceptors (Lipinski definition) is 11. The number of ether oxygens (including phenoxy) is 4. The third-order valence-electron chi connectivity index (χ3n) is 7.38. The summed E-state index contributed by atoms with van der Waals surface area (Å²) in [7, 11) is 0. The van der Waals surface area contributed by atoms with E-state index in [9.17, 15) is 30.0 Å². The summed E-state index contributed by atoms with van der Waals surface area (Å²) in [5.41, 5.74) is 1.76. The maximum absolute atomic E-state index is 12.8. The normalized spacial score (nSPS) is 38.4. The number of aliphatic hydroxyl groups is 5. The Balaban J connectivity index is 1.71. The lowest BCUT2D eigenvalue weighted by atomic mass is 9.83. The number of aldehydes is 1. The first-order valence-electron chi connectivity index (χ1n) is 12.5. The molecule has 11 nitrogen and oxygen atoms in total. The van der Waals surface area contributed by atoms with Gasteiger partial charge in [0, 0.05) is 23.0 Å². The molecule has 0 amide bonds. The number of allylic oxidation sites excluding steroid dienone is 2. The molecule has 37 heavy (non-hydrogen) atoms. The van der Waals surface area contributed by atoms with E-state index >= 15 is 0 Å². The van der Waals surface area contributed by atoms with Crippen molar-refractivity contribution >= 4 is 12.3 Å². The highest BCUT2D eigenvalue weighted by Gasteiger charge is 2.54. The van der Waals surface area contributed by atoms with E-state index in [0.717, 1.165) is 5.57 Å². The Labute approximate surface area is 216 Å². The van der Waals surface area contributed by atoms with Gasteiger partial charge in [-0.25, -0.2) is 4.79 Å². The summed E-state index contributed by atoms with van der Waals surface area (Å²) in [5.74, 6) is -1.57. The fourth-order valence-electron chi connectivity index (χ4n) is 5.21. The van der Waals surface area contributed by atoms with E-state index < -0.39 is 67.5 Å². The number of rotatable bonds is 10. The van der Waals surface area contributed by atoms with Crippen molar-refractivity contribution in [3.8, 4) is 0 Å². The highest BCUT2D eigenvalue weighted by Crippen LogP contribution is 2.48. The zero-order valence-corrected chi connectivity index (χ0v) is 21.3. The molecule has 0 spiro atoms. The van der Waals surface area contributed by atoms with Gasteiger partial charge < -0.3 is 44.5 Å². The molecule has 0 radical (unpaired) electrons. The molecule has 1 saturated heterocycles. The predicted molar refractivity (Wildman–Crippen MR) is 128 cm³/mol. The lowest BCUT2D eigenvalue weighted by molar-refractivity contribution is -0.342. The summed E-state index contributed by atoms with van der Waals surface area (Å²) in [4.78, 5) is 24.6. The second-order valence-electron chi connectivity index (χ2n) is 9.99. The van der Waals surface area contributed by atoms with Crippen LogP contribution in [0.2, 0.25) is 0 Å². The largest absolute Gasteiger partial charge is 0.472 e. The highest BCUT2D eigenvalue weighted by atomic mass is 16.8. The van der Waals surface area contributed by atoms with Crippen LogP contribution in [0, 0.1) is 17.8 Å². The van der Waals surface area contributed by atoms with Crippen LogP contribution in [-0.2, 0) is 28.5 Å². The third-order valence-corrected chi connectivity index (χ3v) is 7.38. The van der Waals surface area contributed by atoms with Gasteiger partial charge in [-0.2, -0.15) is 0 Å². The summed E-state index contributed by atoms with van der Waals surface area (Å²) in [5, 5.41) is 48.9. The fraction of sp³-hybridized carbons (Fsp3) is 0.692. The first kappa shape index (κ1) is 29.4. The van der Waals surface area contributed by atoms with Crippen LogP contribution in [0.3, 0.4) is 0 Å². The second-order valence-corrected chi connectivity index (χ2v) is 9.99. The van der Waals surface area contributed by atoms with Crippen LogP contribution in [0.1, 0.15) is 40.0 Å². The summed E-state index contributed by atoms with van der Waals surface area (Å²) in [6.45, 7) is 4.84. The van der Waals surface area contributed by atoms with Crippen LogP contribution in [0.5, 0.6) is 0 Å². The number of carbonyl (C=O) groups excluding carboxylic acids is 2. The molecule has 1 saturated carbocycles. The molecule has 3 aliphatic rings. The first-order chi connectivity index (χ1) is 17.6. The number of esters is 1. The Hall–Kier alpha value is -2.12. The Morgan fingerprint density at radius 1 is 1.11 bits per heavy atom. The van der Waals surface area contributed by atoms with Gasteiger partial charge in [-0.05, 0) is 39.0 Å². The van der Waals surface area contributed by atoms with E-state index in [1.54, 1.807) is 19.1 Å². The molecular formula is C26H38O11. The summed E-state index contributed by atoms with van der Waals surface area (Å²) >= 11 is 0. The van der Waals surface area contributed by atoms with Crippen molar-refractivity contribution in [1.82, 2.24) is 0 Å². The van der Waals surface area contributed by atoms with E-state index in [4.69, 9.17) is 24.1 Å². The molecule has 5 N–H and O–H groups in total. The molecule has 2 fully saturated rings. The molecule has 11 heteroatoms. The molecule has 1 aliphatic carbocycles. The Morgan fingerprint density at radius 3 is 2.49 bits per heavy atom. The van der Waals surface area contributed by atoms with Crippen LogP contribution < -0.4 is 0 Å². The minimum Gasteiger partial charge on any atom is -0.472 e. The van der Waals surface area contributed by atoms with Gasteiger partial charge in [-0.1, -0.05) is 24.6 Å². The molecule has 10 atom stereocenters. The van der Waals surface area contributed by atoms with Gasteiger partial charge in [0.25, 0.3) is 0 Å². The predicted octanol–water partition coefficient (Wildman–Crippen LogP) is 0.0911. The summed E-state index contributed by atoms with van der Waals surface area (Å²) < 4.78 is 22.8. The van der Waals surface area contributed by atoms with Crippen LogP contribution in [0.15, 0.2) is 35.1 Å². The number of fused-ring (bicyclic) bond motifs is 1. The van der Waals surface area contributed by atoms with E-state index in [1.165, 1.54) is 6.26 Å². The van der Waals surface area contributed by atoms with Crippen molar-refractivity contribution < 1.29 is 54.1 Å². The van der Waals surface area contributed by atoms with Gasteiger partial charge in [0.05, 0.1) is 19.5 Å². The van der Waals surface area contributed by atoms with E-state index in [1.807, 2.05) is 13.8 Å². The molecular weight excluding hydrogens is 488 g/mol. The molecule has 3 rings (SSSR count). The van der Waals surface area contributed by atoms with Crippen LogP contribution >= 0.6 is 0 Å². The van der Waals surface area contributed by atoms with Crippen LogP contribution in [0.4, 0.5) is 0 Å². The lowest BCUT2D eigenvalue weighted by Crippen LogP contribution is -2.60. The van der Waals surface area contributed by atoms with Crippen molar-refractivity contribution in [3.63, 3.8) is 0 Å². The average molecular weight is 527 g/mol. The standard InChI is InChI=1S/C26H38O11/c1-13(7-8-27)5-4-6-14(2)24(33)35-17-9-15(3)19-20(17)16(10-28)12-34-25(19)37-26-23(32)22(31)21(30)18(11-29)36-26/h6-7,10,12,15,17-23,25-27,29-32H,4-5,8-9,11H2,1-3H3. The second kappa shape index (κ2) is 13.1. The zero-order chi connectivity index (χ0) is 27.3. The van der Waals surface area contributed by atoms with E-state index in [2.05, 4.69) is 0 Å². The monoisotopic (exact) mass is 526 g/mol. The molecule has 0 bridgehead atoms.